The van der Waals surface area contributed by atoms with E-state index in [1.165, 1.54) is 0 Å². The first-order valence-electron chi connectivity index (χ1n) is 7.22. The number of ether oxygens (including phenoxy) is 1. The maximum atomic E-state index is 11.2. The van der Waals surface area contributed by atoms with Crippen LogP contribution in [0.15, 0.2) is 6.07 Å². The van der Waals surface area contributed by atoms with Gasteiger partial charge in [-0.1, -0.05) is 0 Å². The van der Waals surface area contributed by atoms with Crippen molar-refractivity contribution in [2.75, 3.05) is 0 Å². The Hall–Kier alpha value is -2.88. The number of nitrogens with zero attached hydrogens (tertiary/aromatic N) is 4. The third-order valence-electron chi connectivity index (χ3n) is 3.95. The molecular weight excluding hydrogens is 296 g/mol. The fourth-order valence-electron chi connectivity index (χ4n) is 2.55. The summed E-state index contributed by atoms with van der Waals surface area (Å²) in [4.78, 5) is 14.6. The van der Waals surface area contributed by atoms with Crippen LogP contribution >= 0.6 is 0 Å². The number of nitro groups is 1. The predicted molar refractivity (Wildman–Crippen MR) is 84.7 cm³/mol. The van der Waals surface area contributed by atoms with Crippen molar-refractivity contribution in [1.29, 1.82) is 5.26 Å². The number of aromatic nitrogens is 2. The minimum atomic E-state index is -0.548. The van der Waals surface area contributed by atoms with Crippen molar-refractivity contribution < 1.29 is 9.66 Å². The van der Waals surface area contributed by atoms with Gasteiger partial charge in [-0.2, -0.15) is 5.26 Å². The first kappa shape index (κ1) is 16.5. The van der Waals surface area contributed by atoms with Crippen molar-refractivity contribution in [2.24, 2.45) is 0 Å². The van der Waals surface area contributed by atoms with Crippen molar-refractivity contribution >= 4 is 5.82 Å². The Kier molecular flexibility index (Phi) is 4.36. The summed E-state index contributed by atoms with van der Waals surface area (Å²) < 4.78 is 7.51. The van der Waals surface area contributed by atoms with Gasteiger partial charge < -0.3 is 14.9 Å². The summed E-state index contributed by atoms with van der Waals surface area (Å²) in [6.45, 7) is 9.56. The van der Waals surface area contributed by atoms with Gasteiger partial charge in [-0.05, 0) is 60.4 Å². The summed E-state index contributed by atoms with van der Waals surface area (Å²) in [6.07, 6.45) is 0. The van der Waals surface area contributed by atoms with Crippen LogP contribution in [0.25, 0.3) is 0 Å². The van der Waals surface area contributed by atoms with E-state index in [1.807, 2.05) is 27.7 Å². The molecule has 0 radical (unpaired) electrons. The lowest BCUT2D eigenvalue weighted by Crippen LogP contribution is -2.03. The lowest BCUT2D eigenvalue weighted by Gasteiger charge is -2.14. The third kappa shape index (κ3) is 2.75. The van der Waals surface area contributed by atoms with Gasteiger partial charge in [0, 0.05) is 13.5 Å². The van der Waals surface area contributed by atoms with Crippen LogP contribution in [0, 0.1) is 49.1 Å². The number of hydrogen-bond acceptors (Lipinski definition) is 5. The topological polar surface area (TPSA) is 94.0 Å². The molecule has 1 aromatic heterocycles. The number of imidazole rings is 1. The summed E-state index contributed by atoms with van der Waals surface area (Å²) in [6, 6.07) is 3.90. The maximum Gasteiger partial charge on any atom is 0.427 e. The van der Waals surface area contributed by atoms with Crippen LogP contribution in [0.5, 0.6) is 11.6 Å². The molecule has 1 aromatic carbocycles. The van der Waals surface area contributed by atoms with E-state index in [0.717, 1.165) is 16.7 Å². The van der Waals surface area contributed by atoms with Gasteiger partial charge in [-0.15, -0.1) is 0 Å². The fourth-order valence-corrected chi connectivity index (χ4v) is 2.55. The van der Waals surface area contributed by atoms with Crippen molar-refractivity contribution in [3.05, 3.63) is 44.3 Å². The first-order chi connectivity index (χ1) is 10.8. The van der Waals surface area contributed by atoms with Crippen molar-refractivity contribution in [1.82, 2.24) is 9.55 Å². The summed E-state index contributed by atoms with van der Waals surface area (Å²) in [5, 5.41) is 20.4. The molecule has 0 spiro atoms. The molecule has 7 heteroatoms. The zero-order valence-electron chi connectivity index (χ0n) is 13.8. The van der Waals surface area contributed by atoms with Gasteiger partial charge in [-0.25, -0.2) is 0 Å². The molecule has 0 aliphatic rings. The lowest BCUT2D eigenvalue weighted by atomic mass is 9.98. The minimum Gasteiger partial charge on any atom is -0.433 e. The van der Waals surface area contributed by atoms with Crippen molar-refractivity contribution in [3.8, 4) is 17.7 Å². The predicted octanol–water partition coefficient (Wildman–Crippen LogP) is 3.71. The Morgan fingerprint density at radius 2 is 2.00 bits per heavy atom. The van der Waals surface area contributed by atoms with Crippen LogP contribution in [-0.2, 0) is 6.54 Å². The molecule has 0 saturated heterocycles. The zero-order chi connectivity index (χ0) is 17.3. The Bertz CT molecular complexity index is 831. The molecule has 7 nitrogen and oxygen atoms in total. The van der Waals surface area contributed by atoms with Crippen LogP contribution in [0.1, 0.15) is 35.0 Å². The third-order valence-corrected chi connectivity index (χ3v) is 3.95. The molecule has 0 saturated carbocycles. The number of benzene rings is 1. The smallest absolute Gasteiger partial charge is 0.427 e. The van der Waals surface area contributed by atoms with Gasteiger partial charge >= 0.3 is 11.7 Å². The van der Waals surface area contributed by atoms with Crippen LogP contribution in [0.3, 0.4) is 0 Å². The molecule has 0 atom stereocenters. The second-order valence-electron chi connectivity index (χ2n) is 5.32. The van der Waals surface area contributed by atoms with E-state index in [9.17, 15) is 15.4 Å². The minimum absolute atomic E-state index is 0.113. The first-order valence-corrected chi connectivity index (χ1v) is 7.22. The van der Waals surface area contributed by atoms with Crippen molar-refractivity contribution in [2.45, 2.75) is 41.2 Å². The van der Waals surface area contributed by atoms with Gasteiger partial charge in [0.25, 0.3) is 0 Å². The van der Waals surface area contributed by atoms with Gasteiger partial charge in [0.2, 0.25) is 5.82 Å². The quantitative estimate of drug-likeness (QED) is 0.633. The summed E-state index contributed by atoms with van der Waals surface area (Å²) in [5.41, 5.74) is 2.96. The highest BCUT2D eigenvalue weighted by Gasteiger charge is 2.27. The van der Waals surface area contributed by atoms with Crippen LogP contribution in [0.2, 0.25) is 0 Å². The molecule has 23 heavy (non-hydrogen) atoms. The molecule has 2 aromatic rings. The zero-order valence-corrected chi connectivity index (χ0v) is 13.8. The number of hydrogen-bond donors (Lipinski definition) is 0. The molecule has 0 aliphatic heterocycles. The Morgan fingerprint density at radius 3 is 2.52 bits per heavy atom. The van der Waals surface area contributed by atoms with Gasteiger partial charge in [0.15, 0.2) is 0 Å². The summed E-state index contributed by atoms with van der Waals surface area (Å²) >= 11 is 0. The summed E-state index contributed by atoms with van der Waals surface area (Å²) in [7, 11) is 0. The monoisotopic (exact) mass is 314 g/mol. The average Bonchev–Trinajstić information content (AvgIpc) is 2.81. The second kappa shape index (κ2) is 6.08. The van der Waals surface area contributed by atoms with Crippen LogP contribution < -0.4 is 4.74 Å². The van der Waals surface area contributed by atoms with Crippen LogP contribution in [-0.4, -0.2) is 14.5 Å². The molecule has 0 amide bonds. The molecule has 0 bridgehead atoms. The maximum absolute atomic E-state index is 11.2. The van der Waals surface area contributed by atoms with Crippen LogP contribution in [0.4, 0.5) is 5.82 Å². The molecule has 1 heterocycles. The van der Waals surface area contributed by atoms with E-state index >= 15 is 0 Å². The van der Waals surface area contributed by atoms with E-state index in [2.05, 4.69) is 11.1 Å². The van der Waals surface area contributed by atoms with E-state index < -0.39 is 4.92 Å². The number of aryl methyl sites for hydroxylation is 2. The van der Waals surface area contributed by atoms with Crippen molar-refractivity contribution in [3.63, 3.8) is 0 Å². The number of rotatable bonds is 4. The van der Waals surface area contributed by atoms with E-state index in [0.29, 0.717) is 23.7 Å². The molecule has 0 fully saturated rings. The average molecular weight is 314 g/mol. The molecule has 0 N–H and O–H groups in total. The highest BCUT2D eigenvalue weighted by atomic mass is 16.6. The Labute approximate surface area is 134 Å². The van der Waals surface area contributed by atoms with E-state index in [1.54, 1.807) is 17.6 Å². The van der Waals surface area contributed by atoms with Gasteiger partial charge in [0.1, 0.15) is 5.75 Å². The summed E-state index contributed by atoms with van der Waals surface area (Å²) in [5.74, 6) is 0.829. The van der Waals surface area contributed by atoms with E-state index in [4.69, 9.17) is 4.74 Å². The number of nitriles is 1. The standard InChI is InChI=1S/C16H18N4O3/c1-6-19-12(5)18-15(20(21)22)16(19)23-14-7-9(2)13(8-17)10(3)11(14)4/h7H,6H2,1-5H3. The SMILES string of the molecule is CCn1c(C)nc([N+](=O)[O-])c1Oc1cc(C)c(C#N)c(C)c1C. The molecular formula is C16H18N4O3. The van der Waals surface area contributed by atoms with Gasteiger partial charge in [0.05, 0.1) is 11.6 Å². The molecule has 120 valence electrons. The largest absolute Gasteiger partial charge is 0.433 e. The highest BCUT2D eigenvalue weighted by molar-refractivity contribution is 5.54. The Morgan fingerprint density at radius 1 is 1.35 bits per heavy atom. The Balaban J connectivity index is 2.61. The van der Waals surface area contributed by atoms with E-state index in [-0.39, 0.29) is 11.7 Å². The highest BCUT2D eigenvalue weighted by Crippen LogP contribution is 2.36. The molecule has 0 aliphatic carbocycles. The second-order valence-corrected chi connectivity index (χ2v) is 5.32. The van der Waals surface area contributed by atoms with Gasteiger partial charge in [-0.3, -0.25) is 4.57 Å². The molecule has 2 rings (SSSR count). The molecule has 0 unspecified atom stereocenters. The lowest BCUT2D eigenvalue weighted by molar-refractivity contribution is -0.390. The normalized spacial score (nSPS) is 10.4. The fraction of sp³-hybridized carbons (Fsp3) is 0.375.